The first kappa shape index (κ1) is 18.8. The first-order valence-electron chi connectivity index (χ1n) is 9.14. The Morgan fingerprint density at radius 3 is 2.30 bits per heavy atom. The van der Waals surface area contributed by atoms with Gasteiger partial charge < -0.3 is 19.7 Å². The first-order valence-corrected chi connectivity index (χ1v) is 9.14. The molecule has 1 N–H and O–H groups in total. The summed E-state index contributed by atoms with van der Waals surface area (Å²) in [4.78, 5) is 26.7. The number of carbonyl (C=O) groups excluding carboxylic acids is 2. The Labute approximate surface area is 159 Å². The van der Waals surface area contributed by atoms with Gasteiger partial charge >= 0.3 is 0 Å². The lowest BCUT2D eigenvalue weighted by Gasteiger charge is -2.15. The van der Waals surface area contributed by atoms with Crippen molar-refractivity contribution in [2.75, 3.05) is 32.1 Å². The molecule has 2 amide bonds. The average Bonchev–Trinajstić information content (AvgIpc) is 3.23. The predicted molar refractivity (Wildman–Crippen MR) is 104 cm³/mol. The van der Waals surface area contributed by atoms with Gasteiger partial charge in [0.25, 0.3) is 11.8 Å². The van der Waals surface area contributed by atoms with Gasteiger partial charge in [0.1, 0.15) is 0 Å². The zero-order chi connectivity index (χ0) is 19.2. The summed E-state index contributed by atoms with van der Waals surface area (Å²) >= 11 is 0. The molecule has 2 aromatic rings. The van der Waals surface area contributed by atoms with E-state index in [2.05, 4.69) is 5.32 Å². The van der Waals surface area contributed by atoms with E-state index in [0.29, 0.717) is 34.9 Å². The third-order valence-corrected chi connectivity index (χ3v) is 4.51. The van der Waals surface area contributed by atoms with Crippen molar-refractivity contribution >= 4 is 17.5 Å². The van der Waals surface area contributed by atoms with Crippen LogP contribution in [0.25, 0.3) is 0 Å². The smallest absolute Gasteiger partial charge is 0.255 e. The molecule has 6 nitrogen and oxygen atoms in total. The summed E-state index contributed by atoms with van der Waals surface area (Å²) in [6.45, 7) is 4.04. The summed E-state index contributed by atoms with van der Waals surface area (Å²) in [7, 11) is 1.54. The molecule has 0 aliphatic carbocycles. The molecule has 1 aliphatic rings. The zero-order valence-electron chi connectivity index (χ0n) is 15.7. The molecule has 0 atom stereocenters. The number of anilines is 1. The van der Waals surface area contributed by atoms with E-state index in [0.717, 1.165) is 25.9 Å². The highest BCUT2D eigenvalue weighted by Crippen LogP contribution is 2.28. The molecule has 2 aromatic carbocycles. The molecule has 0 bridgehead atoms. The van der Waals surface area contributed by atoms with E-state index in [4.69, 9.17) is 9.47 Å². The largest absolute Gasteiger partial charge is 0.493 e. The lowest BCUT2D eigenvalue weighted by Crippen LogP contribution is -2.27. The zero-order valence-corrected chi connectivity index (χ0v) is 15.7. The Morgan fingerprint density at radius 2 is 1.67 bits per heavy atom. The van der Waals surface area contributed by atoms with E-state index in [1.165, 1.54) is 7.11 Å². The van der Waals surface area contributed by atoms with E-state index in [-0.39, 0.29) is 11.8 Å². The van der Waals surface area contributed by atoms with Crippen LogP contribution in [0, 0.1) is 0 Å². The maximum Gasteiger partial charge on any atom is 0.255 e. The molecule has 27 heavy (non-hydrogen) atoms. The maximum absolute atomic E-state index is 12.5. The molecule has 1 heterocycles. The predicted octanol–water partition coefficient (Wildman–Crippen LogP) is 3.58. The molecule has 1 aliphatic heterocycles. The van der Waals surface area contributed by atoms with Crippen LogP contribution in [0.5, 0.6) is 11.5 Å². The number of ether oxygens (including phenoxy) is 2. The number of likely N-dealkylation sites (tertiary alicyclic amines) is 1. The highest BCUT2D eigenvalue weighted by atomic mass is 16.5. The summed E-state index contributed by atoms with van der Waals surface area (Å²) in [6.07, 6.45) is 2.12. The Balaban J connectivity index is 1.68. The van der Waals surface area contributed by atoms with Crippen LogP contribution in [0.15, 0.2) is 42.5 Å². The summed E-state index contributed by atoms with van der Waals surface area (Å²) < 4.78 is 10.7. The van der Waals surface area contributed by atoms with Crippen LogP contribution in [-0.4, -0.2) is 43.5 Å². The van der Waals surface area contributed by atoms with Crippen molar-refractivity contribution in [1.29, 1.82) is 0 Å². The SMILES string of the molecule is CCOc1ccc(C(=O)Nc2ccc(C(=O)N3CCCC3)cc2)cc1OC. The molecule has 142 valence electrons. The highest BCUT2D eigenvalue weighted by Gasteiger charge is 2.19. The minimum atomic E-state index is -0.255. The molecule has 6 heteroatoms. The summed E-state index contributed by atoms with van der Waals surface area (Å²) in [5.74, 6) is 0.897. The molecule has 1 fully saturated rings. The molecule has 0 spiro atoms. The Kier molecular flexibility index (Phi) is 5.96. The van der Waals surface area contributed by atoms with Crippen LogP contribution in [0.4, 0.5) is 5.69 Å². The van der Waals surface area contributed by atoms with Crippen molar-refractivity contribution in [3.8, 4) is 11.5 Å². The Morgan fingerprint density at radius 1 is 1.00 bits per heavy atom. The van der Waals surface area contributed by atoms with Crippen molar-refractivity contribution in [1.82, 2.24) is 4.90 Å². The van der Waals surface area contributed by atoms with Gasteiger partial charge in [-0.2, -0.15) is 0 Å². The lowest BCUT2D eigenvalue weighted by molar-refractivity contribution is 0.0792. The summed E-state index contributed by atoms with van der Waals surface area (Å²) in [6, 6.07) is 12.0. The van der Waals surface area contributed by atoms with Gasteiger partial charge in [-0.15, -0.1) is 0 Å². The number of hydrogen-bond donors (Lipinski definition) is 1. The molecule has 0 unspecified atom stereocenters. The van der Waals surface area contributed by atoms with Gasteiger partial charge in [0.15, 0.2) is 11.5 Å². The van der Waals surface area contributed by atoms with E-state index < -0.39 is 0 Å². The fourth-order valence-corrected chi connectivity index (χ4v) is 3.09. The van der Waals surface area contributed by atoms with Crippen LogP contribution in [0.2, 0.25) is 0 Å². The number of carbonyl (C=O) groups is 2. The number of rotatable bonds is 6. The highest BCUT2D eigenvalue weighted by molar-refractivity contribution is 6.05. The van der Waals surface area contributed by atoms with Gasteiger partial charge in [-0.1, -0.05) is 0 Å². The van der Waals surface area contributed by atoms with Gasteiger partial charge in [0.2, 0.25) is 0 Å². The summed E-state index contributed by atoms with van der Waals surface area (Å²) in [5.41, 5.74) is 1.73. The number of amides is 2. The number of nitrogens with one attached hydrogen (secondary N) is 1. The van der Waals surface area contributed by atoms with Crippen molar-refractivity contribution < 1.29 is 19.1 Å². The molecule has 1 saturated heterocycles. The number of hydrogen-bond acceptors (Lipinski definition) is 4. The second-order valence-electron chi connectivity index (χ2n) is 6.33. The molecule has 0 aromatic heterocycles. The fourth-order valence-electron chi connectivity index (χ4n) is 3.09. The number of benzene rings is 2. The standard InChI is InChI=1S/C21H24N2O4/c1-3-27-18-11-8-16(14-19(18)26-2)20(24)22-17-9-6-15(7-10-17)21(25)23-12-4-5-13-23/h6-11,14H,3-5,12-13H2,1-2H3,(H,22,24). The van der Waals surface area contributed by atoms with Crippen LogP contribution in [0.1, 0.15) is 40.5 Å². The van der Waals surface area contributed by atoms with Gasteiger partial charge in [-0.05, 0) is 62.2 Å². The third-order valence-electron chi connectivity index (χ3n) is 4.51. The molecule has 3 rings (SSSR count). The number of methoxy groups -OCH3 is 1. The van der Waals surface area contributed by atoms with E-state index in [9.17, 15) is 9.59 Å². The molecular weight excluding hydrogens is 344 g/mol. The first-order chi connectivity index (χ1) is 13.1. The molecule has 0 radical (unpaired) electrons. The van der Waals surface area contributed by atoms with Crippen LogP contribution < -0.4 is 14.8 Å². The second-order valence-corrected chi connectivity index (χ2v) is 6.33. The minimum Gasteiger partial charge on any atom is -0.493 e. The second kappa shape index (κ2) is 8.58. The van der Waals surface area contributed by atoms with Crippen molar-refractivity contribution in [2.45, 2.75) is 19.8 Å². The lowest BCUT2D eigenvalue weighted by atomic mass is 10.1. The fraction of sp³-hybridized carbons (Fsp3) is 0.333. The van der Waals surface area contributed by atoms with Crippen molar-refractivity contribution in [2.24, 2.45) is 0 Å². The van der Waals surface area contributed by atoms with Crippen molar-refractivity contribution in [3.63, 3.8) is 0 Å². The molecular formula is C21H24N2O4. The normalized spacial score (nSPS) is 13.3. The van der Waals surface area contributed by atoms with Gasteiger partial charge in [-0.25, -0.2) is 0 Å². The monoisotopic (exact) mass is 368 g/mol. The van der Waals surface area contributed by atoms with Gasteiger partial charge in [-0.3, -0.25) is 9.59 Å². The van der Waals surface area contributed by atoms with Crippen LogP contribution in [-0.2, 0) is 0 Å². The average molecular weight is 368 g/mol. The van der Waals surface area contributed by atoms with E-state index >= 15 is 0 Å². The van der Waals surface area contributed by atoms with Gasteiger partial charge in [0, 0.05) is 29.9 Å². The van der Waals surface area contributed by atoms with Gasteiger partial charge in [0.05, 0.1) is 13.7 Å². The third kappa shape index (κ3) is 4.39. The van der Waals surface area contributed by atoms with Crippen LogP contribution >= 0.6 is 0 Å². The quantitative estimate of drug-likeness (QED) is 0.846. The Hall–Kier alpha value is -3.02. The minimum absolute atomic E-state index is 0.0432. The maximum atomic E-state index is 12.5. The Bertz CT molecular complexity index is 811. The summed E-state index contributed by atoms with van der Waals surface area (Å²) in [5, 5.41) is 2.84. The van der Waals surface area contributed by atoms with E-state index in [1.807, 2.05) is 11.8 Å². The topological polar surface area (TPSA) is 67.9 Å². The van der Waals surface area contributed by atoms with E-state index in [1.54, 1.807) is 42.5 Å². The molecule has 0 saturated carbocycles. The number of nitrogens with zero attached hydrogens (tertiary/aromatic N) is 1. The van der Waals surface area contributed by atoms with Crippen molar-refractivity contribution in [3.05, 3.63) is 53.6 Å². The van der Waals surface area contributed by atoms with Crippen LogP contribution in [0.3, 0.4) is 0 Å².